The Kier molecular flexibility index (Phi) is 4.76. The zero-order chi connectivity index (χ0) is 14.7. The van der Waals surface area contributed by atoms with Crippen molar-refractivity contribution in [3.63, 3.8) is 0 Å². The Hall–Kier alpha value is -1.13. The molecule has 0 radical (unpaired) electrons. The van der Waals surface area contributed by atoms with E-state index in [-0.39, 0.29) is 24.2 Å². The minimum absolute atomic E-state index is 0.0433. The molecule has 3 aliphatic rings. The second-order valence-electron chi connectivity index (χ2n) is 6.15. The number of carbonyl (C=O) groups is 1. The summed E-state index contributed by atoms with van der Waals surface area (Å²) in [5.74, 6) is 0.490. The third kappa shape index (κ3) is 3.06. The van der Waals surface area contributed by atoms with Crippen LogP contribution in [0.25, 0.3) is 0 Å². The van der Waals surface area contributed by atoms with Crippen LogP contribution in [0.5, 0.6) is 0 Å². The molecule has 1 amide bonds. The third-order valence-corrected chi connectivity index (χ3v) is 4.86. The van der Waals surface area contributed by atoms with Crippen LogP contribution < -0.4 is 0 Å². The highest BCUT2D eigenvalue weighted by Crippen LogP contribution is 2.34. The van der Waals surface area contributed by atoms with Crippen molar-refractivity contribution in [2.75, 3.05) is 19.8 Å². The van der Waals surface area contributed by atoms with Gasteiger partial charge in [0, 0.05) is 12.5 Å². The third-order valence-electron chi connectivity index (χ3n) is 4.86. The van der Waals surface area contributed by atoms with Gasteiger partial charge in [-0.1, -0.05) is 18.2 Å². The lowest BCUT2D eigenvalue weighted by atomic mass is 9.92. The molecule has 0 aromatic heterocycles. The molecule has 2 aliphatic carbocycles. The molecule has 3 rings (SSSR count). The van der Waals surface area contributed by atoms with Crippen molar-refractivity contribution in [3.05, 3.63) is 24.8 Å². The summed E-state index contributed by atoms with van der Waals surface area (Å²) in [5, 5.41) is 0. The van der Waals surface area contributed by atoms with E-state index in [4.69, 9.17) is 9.47 Å². The number of fused-ring (bicyclic) bond motifs is 1. The number of allylic oxidation sites excluding steroid dienone is 2. The first-order chi connectivity index (χ1) is 10.3. The Morgan fingerprint density at radius 3 is 3.05 bits per heavy atom. The molecular formula is C17H25NO3. The lowest BCUT2D eigenvalue weighted by Gasteiger charge is -2.40. The van der Waals surface area contributed by atoms with Crippen molar-refractivity contribution in [2.45, 2.75) is 50.4 Å². The van der Waals surface area contributed by atoms with E-state index in [1.54, 1.807) is 6.08 Å². The van der Waals surface area contributed by atoms with Gasteiger partial charge in [0.2, 0.25) is 5.91 Å². The Labute approximate surface area is 126 Å². The molecule has 0 N–H and O–H groups in total. The van der Waals surface area contributed by atoms with Crippen molar-refractivity contribution < 1.29 is 14.3 Å². The summed E-state index contributed by atoms with van der Waals surface area (Å²) in [4.78, 5) is 14.9. The van der Waals surface area contributed by atoms with E-state index >= 15 is 0 Å². The van der Waals surface area contributed by atoms with Crippen molar-refractivity contribution in [1.82, 2.24) is 4.90 Å². The molecule has 116 valence electrons. The smallest absolute Gasteiger partial charge is 0.226 e. The van der Waals surface area contributed by atoms with Crippen LogP contribution in [-0.4, -0.2) is 48.8 Å². The maximum atomic E-state index is 12.8. The molecule has 0 spiro atoms. The number of hydrogen-bond donors (Lipinski definition) is 0. The maximum absolute atomic E-state index is 12.8. The van der Waals surface area contributed by atoms with E-state index in [0.29, 0.717) is 19.1 Å². The van der Waals surface area contributed by atoms with Gasteiger partial charge in [0.05, 0.1) is 25.4 Å². The minimum Gasteiger partial charge on any atom is -0.372 e. The number of morpholine rings is 1. The Bertz CT molecular complexity index is 420. The molecule has 0 unspecified atom stereocenters. The molecule has 4 heteroatoms. The second-order valence-corrected chi connectivity index (χ2v) is 6.15. The van der Waals surface area contributed by atoms with E-state index in [1.807, 2.05) is 0 Å². The predicted molar refractivity (Wildman–Crippen MR) is 80.9 cm³/mol. The molecule has 0 aromatic rings. The summed E-state index contributed by atoms with van der Waals surface area (Å²) in [5.41, 5.74) is 0. The van der Waals surface area contributed by atoms with Crippen molar-refractivity contribution in [1.29, 1.82) is 0 Å². The van der Waals surface area contributed by atoms with Gasteiger partial charge in [0.25, 0.3) is 0 Å². The van der Waals surface area contributed by atoms with Gasteiger partial charge in [-0.15, -0.1) is 6.58 Å². The molecule has 1 aliphatic heterocycles. The van der Waals surface area contributed by atoms with Crippen molar-refractivity contribution in [2.24, 2.45) is 5.92 Å². The molecule has 4 nitrogen and oxygen atoms in total. The van der Waals surface area contributed by atoms with Gasteiger partial charge in [-0.3, -0.25) is 4.79 Å². The molecule has 2 fully saturated rings. The second kappa shape index (κ2) is 6.75. The minimum atomic E-state index is 0.0433. The summed E-state index contributed by atoms with van der Waals surface area (Å²) < 4.78 is 11.7. The fourth-order valence-electron chi connectivity index (χ4n) is 3.81. The number of ether oxygens (including phenoxy) is 2. The standard InChI is InChI=1S/C17H25NO3/c1-2-11-20-15-9-8-14-16(15)21-12-10-18(14)17(19)13-6-4-3-5-7-13/h2-4,13-16H,1,5-12H2/t13-,14+,15-,16-/m1/s1. The van der Waals surface area contributed by atoms with E-state index in [0.717, 1.165) is 38.6 Å². The van der Waals surface area contributed by atoms with Crippen LogP contribution in [0.4, 0.5) is 0 Å². The first kappa shape index (κ1) is 14.8. The molecule has 0 bridgehead atoms. The average Bonchev–Trinajstić information content (AvgIpc) is 2.96. The summed E-state index contributed by atoms with van der Waals surface area (Å²) in [6.45, 7) is 5.61. The lowest BCUT2D eigenvalue weighted by molar-refractivity contribution is -0.155. The molecule has 1 saturated heterocycles. The maximum Gasteiger partial charge on any atom is 0.226 e. The number of hydrogen-bond acceptors (Lipinski definition) is 3. The monoisotopic (exact) mass is 291 g/mol. The number of amides is 1. The van der Waals surface area contributed by atoms with Crippen molar-refractivity contribution >= 4 is 5.91 Å². The van der Waals surface area contributed by atoms with Crippen LogP contribution in [-0.2, 0) is 14.3 Å². The van der Waals surface area contributed by atoms with Crippen molar-refractivity contribution in [3.8, 4) is 0 Å². The highest BCUT2D eigenvalue weighted by molar-refractivity contribution is 5.79. The summed E-state index contributed by atoms with van der Waals surface area (Å²) in [7, 11) is 0. The summed E-state index contributed by atoms with van der Waals surface area (Å²) >= 11 is 0. The Morgan fingerprint density at radius 1 is 1.38 bits per heavy atom. The largest absolute Gasteiger partial charge is 0.372 e. The van der Waals surface area contributed by atoms with Gasteiger partial charge in [-0.2, -0.15) is 0 Å². The van der Waals surface area contributed by atoms with Crippen LogP contribution in [0, 0.1) is 5.92 Å². The zero-order valence-electron chi connectivity index (χ0n) is 12.6. The molecule has 0 aromatic carbocycles. The highest BCUT2D eigenvalue weighted by Gasteiger charge is 2.45. The van der Waals surface area contributed by atoms with Gasteiger partial charge in [-0.05, 0) is 32.1 Å². The number of nitrogens with zero attached hydrogens (tertiary/aromatic N) is 1. The summed E-state index contributed by atoms with van der Waals surface area (Å²) in [6.07, 6.45) is 11.1. The van der Waals surface area contributed by atoms with Gasteiger partial charge >= 0.3 is 0 Å². The molecule has 1 heterocycles. The molecular weight excluding hydrogens is 266 g/mol. The molecule has 1 saturated carbocycles. The van der Waals surface area contributed by atoms with E-state index in [9.17, 15) is 4.79 Å². The number of rotatable bonds is 4. The fraction of sp³-hybridized carbons (Fsp3) is 0.706. The normalized spacial score (nSPS) is 35.5. The van der Waals surface area contributed by atoms with Crippen LogP contribution in [0.3, 0.4) is 0 Å². The molecule has 4 atom stereocenters. The van der Waals surface area contributed by atoms with Gasteiger partial charge in [0.15, 0.2) is 0 Å². The van der Waals surface area contributed by atoms with Crippen LogP contribution in [0.1, 0.15) is 32.1 Å². The zero-order valence-corrected chi connectivity index (χ0v) is 12.6. The number of carbonyl (C=O) groups excluding carboxylic acids is 1. The van der Waals surface area contributed by atoms with E-state index < -0.39 is 0 Å². The fourth-order valence-corrected chi connectivity index (χ4v) is 3.81. The molecule has 21 heavy (non-hydrogen) atoms. The highest BCUT2D eigenvalue weighted by atomic mass is 16.5. The SMILES string of the molecule is C=CCO[C@@H]1CC[C@H]2[C@H]1OCCN2C(=O)[C@@H]1CC=CCC1. The topological polar surface area (TPSA) is 38.8 Å². The van der Waals surface area contributed by atoms with Crippen LogP contribution in [0.15, 0.2) is 24.8 Å². The van der Waals surface area contributed by atoms with Gasteiger partial charge in [0.1, 0.15) is 6.10 Å². The van der Waals surface area contributed by atoms with E-state index in [2.05, 4.69) is 23.6 Å². The first-order valence-electron chi connectivity index (χ1n) is 8.11. The Morgan fingerprint density at radius 2 is 2.29 bits per heavy atom. The van der Waals surface area contributed by atoms with Crippen LogP contribution in [0.2, 0.25) is 0 Å². The quantitative estimate of drug-likeness (QED) is 0.746. The average molecular weight is 291 g/mol. The summed E-state index contributed by atoms with van der Waals surface area (Å²) in [6, 6.07) is 0.201. The first-order valence-corrected chi connectivity index (χ1v) is 8.11. The van der Waals surface area contributed by atoms with Crippen LogP contribution >= 0.6 is 0 Å². The van der Waals surface area contributed by atoms with Gasteiger partial charge < -0.3 is 14.4 Å². The lowest BCUT2D eigenvalue weighted by Crippen LogP contribution is -2.55. The predicted octanol–water partition coefficient (Wildman–Crippen LogP) is 2.30. The van der Waals surface area contributed by atoms with Gasteiger partial charge in [-0.25, -0.2) is 0 Å². The Balaban J connectivity index is 1.65. The van der Waals surface area contributed by atoms with E-state index in [1.165, 1.54) is 0 Å².